The SMILES string of the molecule is CO[C@H]1C=CC=CC=CC[C@H](OC(=O)[C@@H](C)NC(=O)C2CCCCC2)[C@H](C)[C@@H](O)C(C)=CCCC2=CC(=O)C=C(NC(=O)C1)C2=O. The molecule has 0 aromatic rings. The summed E-state index contributed by atoms with van der Waals surface area (Å²) in [6.07, 6.45) is 18.1. The molecule has 5 atom stereocenters. The predicted octanol–water partition coefficient (Wildman–Crippen LogP) is 4.26. The third-order valence-electron chi connectivity index (χ3n) is 8.65. The number of nitrogens with one attached hydrogen (secondary N) is 2. The highest BCUT2D eigenvalue weighted by molar-refractivity contribution is 6.21. The van der Waals surface area contributed by atoms with Crippen molar-refractivity contribution in [3.05, 3.63) is 71.5 Å². The zero-order valence-electron chi connectivity index (χ0n) is 27.3. The maximum atomic E-state index is 13.1. The van der Waals surface area contributed by atoms with E-state index in [0.29, 0.717) is 18.4 Å². The molecule has 1 heterocycles. The first-order chi connectivity index (χ1) is 22.0. The summed E-state index contributed by atoms with van der Waals surface area (Å²) >= 11 is 0. The predicted molar refractivity (Wildman–Crippen MR) is 174 cm³/mol. The standard InChI is InChI=1S/C36H48N2O8/c1-23-14-13-17-27-20-28(39)21-30(34(27)42)38-32(40)22-29(45-4)18-11-6-5-7-12-19-31(24(2)33(23)41)46-36(44)25(3)37-35(43)26-15-9-8-10-16-26/h5-7,11-12,14,18,20-21,24-26,29,31,33,41H,8-10,13,15-17,19,22H2,1-4H3,(H,37,43)(H,38,40)/t24-,25+,29-,31-,33-/m0/s1. The van der Waals surface area contributed by atoms with Gasteiger partial charge in [0.2, 0.25) is 17.6 Å². The molecule has 2 bridgehead atoms. The number of carbonyl (C=O) groups excluding carboxylic acids is 5. The highest BCUT2D eigenvalue weighted by Crippen LogP contribution is 2.25. The molecule has 46 heavy (non-hydrogen) atoms. The summed E-state index contributed by atoms with van der Waals surface area (Å²) in [6, 6.07) is -0.840. The van der Waals surface area contributed by atoms with E-state index in [-0.39, 0.29) is 35.9 Å². The Morgan fingerprint density at radius 1 is 1.04 bits per heavy atom. The van der Waals surface area contributed by atoms with Gasteiger partial charge in [0, 0.05) is 37.0 Å². The highest BCUT2D eigenvalue weighted by Gasteiger charge is 2.31. The van der Waals surface area contributed by atoms with Crippen molar-refractivity contribution in [3.63, 3.8) is 0 Å². The number of methoxy groups -OCH3 is 1. The van der Waals surface area contributed by atoms with Gasteiger partial charge in [-0.2, -0.15) is 0 Å². The molecule has 1 saturated carbocycles. The van der Waals surface area contributed by atoms with Crippen molar-refractivity contribution in [2.24, 2.45) is 11.8 Å². The van der Waals surface area contributed by atoms with Crippen LogP contribution in [-0.2, 0) is 33.4 Å². The molecule has 10 nitrogen and oxygen atoms in total. The van der Waals surface area contributed by atoms with E-state index in [1.54, 1.807) is 57.2 Å². The first-order valence-electron chi connectivity index (χ1n) is 16.2. The third kappa shape index (κ3) is 11.2. The number of aliphatic hydroxyl groups is 1. The van der Waals surface area contributed by atoms with Crippen molar-refractivity contribution in [2.75, 3.05) is 7.11 Å². The largest absolute Gasteiger partial charge is 0.460 e. The smallest absolute Gasteiger partial charge is 0.328 e. The average Bonchev–Trinajstić information content (AvgIpc) is 3.04. The lowest BCUT2D eigenvalue weighted by Gasteiger charge is -2.29. The number of esters is 1. The Hall–Kier alpha value is -3.89. The molecule has 2 amide bonds. The molecule has 3 aliphatic rings. The number of amides is 2. The quantitative estimate of drug-likeness (QED) is 0.230. The normalized spacial score (nSPS) is 26.5. The summed E-state index contributed by atoms with van der Waals surface area (Å²) in [7, 11) is 1.47. The first-order valence-corrected chi connectivity index (χ1v) is 16.2. The minimum atomic E-state index is -0.968. The zero-order chi connectivity index (χ0) is 33.6. The number of allylic oxidation sites excluding steroid dienone is 8. The van der Waals surface area contributed by atoms with Crippen LogP contribution in [0.4, 0.5) is 0 Å². The number of ketones is 2. The molecule has 1 fully saturated rings. The average molecular weight is 637 g/mol. The van der Waals surface area contributed by atoms with E-state index in [9.17, 15) is 29.1 Å². The van der Waals surface area contributed by atoms with Crippen molar-refractivity contribution >= 4 is 29.4 Å². The Morgan fingerprint density at radius 2 is 1.76 bits per heavy atom. The highest BCUT2D eigenvalue weighted by atomic mass is 16.5. The van der Waals surface area contributed by atoms with Gasteiger partial charge >= 0.3 is 5.97 Å². The Kier molecular flexibility index (Phi) is 14.6. The lowest BCUT2D eigenvalue weighted by molar-refractivity contribution is -0.156. The van der Waals surface area contributed by atoms with Gasteiger partial charge < -0.3 is 25.2 Å². The molecule has 0 aromatic carbocycles. The Bertz CT molecular complexity index is 1310. The second-order valence-electron chi connectivity index (χ2n) is 12.3. The van der Waals surface area contributed by atoms with Gasteiger partial charge in [0.05, 0.1) is 24.3 Å². The minimum absolute atomic E-state index is 0.0567. The Labute approximate surface area is 271 Å². The summed E-state index contributed by atoms with van der Waals surface area (Å²) in [4.78, 5) is 63.8. The van der Waals surface area contributed by atoms with Crippen molar-refractivity contribution in [3.8, 4) is 0 Å². The molecule has 3 rings (SSSR count). The molecular weight excluding hydrogens is 588 g/mol. The van der Waals surface area contributed by atoms with Crippen LogP contribution in [0.2, 0.25) is 0 Å². The number of rotatable bonds is 5. The van der Waals surface area contributed by atoms with Crippen LogP contribution in [0.3, 0.4) is 0 Å². The van der Waals surface area contributed by atoms with Crippen LogP contribution in [0.15, 0.2) is 71.5 Å². The second kappa shape index (κ2) is 18.3. The van der Waals surface area contributed by atoms with Crippen LogP contribution < -0.4 is 10.6 Å². The lowest BCUT2D eigenvalue weighted by atomic mass is 9.88. The molecule has 0 unspecified atom stereocenters. The van der Waals surface area contributed by atoms with E-state index in [2.05, 4.69) is 10.6 Å². The van der Waals surface area contributed by atoms with Crippen LogP contribution in [0.25, 0.3) is 0 Å². The fourth-order valence-electron chi connectivity index (χ4n) is 5.73. The van der Waals surface area contributed by atoms with Crippen molar-refractivity contribution < 1.29 is 38.6 Å². The zero-order valence-corrected chi connectivity index (χ0v) is 27.3. The molecule has 1 aliphatic heterocycles. The van der Waals surface area contributed by atoms with Crippen LogP contribution in [0, 0.1) is 11.8 Å². The fraction of sp³-hybridized carbons (Fsp3) is 0.528. The number of carbonyl (C=O) groups is 5. The number of aliphatic hydroxyl groups excluding tert-OH is 1. The summed E-state index contributed by atoms with van der Waals surface area (Å²) in [5.41, 5.74) is 0.803. The molecule has 0 radical (unpaired) electrons. The van der Waals surface area contributed by atoms with Crippen molar-refractivity contribution in [1.82, 2.24) is 10.6 Å². The monoisotopic (exact) mass is 636 g/mol. The number of ether oxygens (including phenoxy) is 2. The maximum absolute atomic E-state index is 13.1. The van der Waals surface area contributed by atoms with Crippen LogP contribution in [0.5, 0.6) is 0 Å². The molecule has 2 aliphatic carbocycles. The van der Waals surface area contributed by atoms with E-state index in [1.165, 1.54) is 13.2 Å². The van der Waals surface area contributed by atoms with Gasteiger partial charge in [0.1, 0.15) is 12.1 Å². The second-order valence-corrected chi connectivity index (χ2v) is 12.3. The molecular formula is C36H48N2O8. The van der Waals surface area contributed by atoms with Gasteiger partial charge in [0.15, 0.2) is 5.78 Å². The first kappa shape index (κ1) is 36.6. The van der Waals surface area contributed by atoms with Gasteiger partial charge in [0.25, 0.3) is 0 Å². The van der Waals surface area contributed by atoms with E-state index in [1.807, 2.05) is 6.08 Å². The minimum Gasteiger partial charge on any atom is -0.460 e. The van der Waals surface area contributed by atoms with Gasteiger partial charge in [-0.25, -0.2) is 4.79 Å². The molecule has 0 saturated heterocycles. The molecule has 3 N–H and O–H groups in total. The van der Waals surface area contributed by atoms with Crippen molar-refractivity contribution in [1.29, 1.82) is 0 Å². The van der Waals surface area contributed by atoms with E-state index in [0.717, 1.165) is 38.2 Å². The van der Waals surface area contributed by atoms with Crippen LogP contribution in [0.1, 0.15) is 78.6 Å². The van der Waals surface area contributed by atoms with Gasteiger partial charge in [-0.3, -0.25) is 19.2 Å². The molecule has 0 spiro atoms. The van der Waals surface area contributed by atoms with E-state index < -0.39 is 53.7 Å². The third-order valence-corrected chi connectivity index (χ3v) is 8.65. The van der Waals surface area contributed by atoms with Gasteiger partial charge in [-0.05, 0) is 51.2 Å². The van der Waals surface area contributed by atoms with Crippen LogP contribution >= 0.6 is 0 Å². The summed E-state index contributed by atoms with van der Waals surface area (Å²) in [5.74, 6) is -2.59. The van der Waals surface area contributed by atoms with E-state index >= 15 is 0 Å². The number of hydrogen-bond donors (Lipinski definition) is 3. The Morgan fingerprint density at radius 3 is 2.48 bits per heavy atom. The summed E-state index contributed by atoms with van der Waals surface area (Å²) in [5, 5.41) is 16.6. The summed E-state index contributed by atoms with van der Waals surface area (Å²) < 4.78 is 11.3. The topological polar surface area (TPSA) is 148 Å². The number of fused-ring (bicyclic) bond motifs is 2. The van der Waals surface area contributed by atoms with Gasteiger partial charge in [-0.1, -0.05) is 68.7 Å². The van der Waals surface area contributed by atoms with Crippen molar-refractivity contribution in [2.45, 2.75) is 103 Å². The maximum Gasteiger partial charge on any atom is 0.328 e. The number of Topliss-reactive ketones (excluding diaryl/α,β-unsaturated/α-hetero) is 1. The lowest BCUT2D eigenvalue weighted by Crippen LogP contribution is -2.45. The fourth-order valence-corrected chi connectivity index (χ4v) is 5.73. The molecule has 0 aromatic heterocycles. The summed E-state index contributed by atoms with van der Waals surface area (Å²) in [6.45, 7) is 5.16. The van der Waals surface area contributed by atoms with E-state index in [4.69, 9.17) is 9.47 Å². The number of hydrogen-bond acceptors (Lipinski definition) is 8. The molecule has 250 valence electrons. The molecule has 10 heteroatoms. The Balaban J connectivity index is 1.79. The van der Waals surface area contributed by atoms with Gasteiger partial charge in [-0.15, -0.1) is 0 Å². The van der Waals surface area contributed by atoms with Crippen LogP contribution in [-0.4, -0.2) is 65.9 Å².